The molecule has 2 unspecified atom stereocenters. The Kier molecular flexibility index (Phi) is 5.21. The number of amides is 1. The lowest BCUT2D eigenvalue weighted by Gasteiger charge is -2.31. The molecule has 1 heterocycles. The van der Waals surface area contributed by atoms with Gasteiger partial charge in [0.2, 0.25) is 6.10 Å². The number of nitrogens with zero attached hydrogens (tertiary/aromatic N) is 1. The minimum absolute atomic E-state index is 0.0348. The van der Waals surface area contributed by atoms with Crippen LogP contribution in [0.25, 0.3) is 0 Å². The Hall–Kier alpha value is -3.29. The Bertz CT molecular complexity index is 794. The monoisotopic (exact) mass is 357 g/mol. The van der Waals surface area contributed by atoms with E-state index in [-0.39, 0.29) is 11.6 Å². The molecule has 3 rings (SSSR count). The number of nitrogens with one attached hydrogen (secondary N) is 2. The van der Waals surface area contributed by atoms with Gasteiger partial charge in [0.15, 0.2) is 11.5 Å². The molecule has 136 valence electrons. The molecule has 1 aliphatic heterocycles. The third-order valence-electron chi connectivity index (χ3n) is 3.93. The van der Waals surface area contributed by atoms with Gasteiger partial charge in [0.1, 0.15) is 6.10 Å². The number of nitro groups is 1. The van der Waals surface area contributed by atoms with E-state index in [4.69, 9.17) is 9.47 Å². The molecule has 0 aliphatic carbocycles. The molecule has 8 heteroatoms. The Balaban J connectivity index is 1.46. The molecule has 2 N–H and O–H groups in total. The summed E-state index contributed by atoms with van der Waals surface area (Å²) >= 11 is 0. The van der Waals surface area contributed by atoms with E-state index in [2.05, 4.69) is 10.6 Å². The number of carbonyl (C=O) groups excluding carboxylic acids is 1. The number of fused-ring (bicyclic) bond motifs is 1. The summed E-state index contributed by atoms with van der Waals surface area (Å²) in [6, 6.07) is 13.3. The number of rotatable bonds is 6. The number of hydrogen-bond acceptors (Lipinski definition) is 6. The van der Waals surface area contributed by atoms with Crippen molar-refractivity contribution in [3.8, 4) is 11.5 Å². The van der Waals surface area contributed by atoms with Gasteiger partial charge in [-0.1, -0.05) is 12.1 Å². The standard InChI is InChI=1S/C18H19N3O5/c1-12-17(26-16-5-3-2-4-15(16)25-12)18(22)20-11-10-19-13-6-8-14(9-7-13)21(23)24/h2-9,12,17,19H,10-11H2,1H3,(H,20,22). The van der Waals surface area contributed by atoms with E-state index in [0.29, 0.717) is 24.6 Å². The minimum Gasteiger partial charge on any atom is -0.482 e. The van der Waals surface area contributed by atoms with Crippen molar-refractivity contribution in [3.63, 3.8) is 0 Å². The van der Waals surface area contributed by atoms with Crippen LogP contribution in [0.15, 0.2) is 48.5 Å². The number of carbonyl (C=O) groups is 1. The highest BCUT2D eigenvalue weighted by Gasteiger charge is 2.33. The van der Waals surface area contributed by atoms with Crippen LogP contribution in [0.4, 0.5) is 11.4 Å². The summed E-state index contributed by atoms with van der Waals surface area (Å²) in [6.45, 7) is 2.64. The van der Waals surface area contributed by atoms with Gasteiger partial charge in [0, 0.05) is 30.9 Å². The molecule has 1 aliphatic rings. The van der Waals surface area contributed by atoms with E-state index in [1.165, 1.54) is 12.1 Å². The number of benzene rings is 2. The zero-order valence-corrected chi connectivity index (χ0v) is 14.2. The van der Waals surface area contributed by atoms with Crippen LogP contribution in [-0.4, -0.2) is 36.1 Å². The molecule has 2 aromatic rings. The van der Waals surface area contributed by atoms with Gasteiger partial charge >= 0.3 is 0 Å². The maximum Gasteiger partial charge on any atom is 0.269 e. The normalized spacial score (nSPS) is 18.0. The molecule has 0 aromatic heterocycles. The Morgan fingerprint density at radius 3 is 2.38 bits per heavy atom. The molecular formula is C18H19N3O5. The van der Waals surface area contributed by atoms with Crippen molar-refractivity contribution in [1.82, 2.24) is 5.32 Å². The second-order valence-electron chi connectivity index (χ2n) is 5.83. The largest absolute Gasteiger partial charge is 0.482 e. The molecule has 2 aromatic carbocycles. The van der Waals surface area contributed by atoms with Crippen LogP contribution < -0.4 is 20.1 Å². The molecular weight excluding hydrogens is 338 g/mol. The van der Waals surface area contributed by atoms with Crippen molar-refractivity contribution in [3.05, 3.63) is 58.6 Å². The highest BCUT2D eigenvalue weighted by Crippen LogP contribution is 2.33. The Morgan fingerprint density at radius 2 is 1.73 bits per heavy atom. The van der Waals surface area contributed by atoms with E-state index in [1.54, 1.807) is 31.2 Å². The lowest BCUT2D eigenvalue weighted by atomic mass is 10.1. The Morgan fingerprint density at radius 1 is 1.08 bits per heavy atom. The lowest BCUT2D eigenvalue weighted by Crippen LogP contribution is -2.49. The van der Waals surface area contributed by atoms with Gasteiger partial charge in [-0.15, -0.1) is 0 Å². The number of nitro benzene ring substituents is 1. The van der Waals surface area contributed by atoms with Gasteiger partial charge in [0.25, 0.3) is 11.6 Å². The van der Waals surface area contributed by atoms with Crippen LogP contribution in [0.2, 0.25) is 0 Å². The van der Waals surface area contributed by atoms with Crippen molar-refractivity contribution in [1.29, 1.82) is 0 Å². The molecule has 8 nitrogen and oxygen atoms in total. The summed E-state index contributed by atoms with van der Waals surface area (Å²) in [5.41, 5.74) is 0.775. The molecule has 0 spiro atoms. The quantitative estimate of drug-likeness (QED) is 0.467. The van der Waals surface area contributed by atoms with Gasteiger partial charge in [-0.2, -0.15) is 0 Å². The van der Waals surface area contributed by atoms with Crippen molar-refractivity contribution in [2.24, 2.45) is 0 Å². The molecule has 0 saturated heterocycles. The average Bonchev–Trinajstić information content (AvgIpc) is 2.64. The van der Waals surface area contributed by atoms with Crippen molar-refractivity contribution in [2.45, 2.75) is 19.1 Å². The van der Waals surface area contributed by atoms with Crippen molar-refractivity contribution >= 4 is 17.3 Å². The van der Waals surface area contributed by atoms with Crippen LogP contribution in [0.3, 0.4) is 0 Å². The Labute approximate surface area is 150 Å². The third-order valence-corrected chi connectivity index (χ3v) is 3.93. The maximum atomic E-state index is 12.3. The van der Waals surface area contributed by atoms with Crippen LogP contribution >= 0.6 is 0 Å². The van der Waals surface area contributed by atoms with Crippen LogP contribution in [0.5, 0.6) is 11.5 Å². The molecule has 0 fully saturated rings. The second-order valence-corrected chi connectivity index (χ2v) is 5.83. The number of hydrogen-bond donors (Lipinski definition) is 2. The van der Waals surface area contributed by atoms with Crippen LogP contribution in [-0.2, 0) is 4.79 Å². The summed E-state index contributed by atoms with van der Waals surface area (Å²) < 4.78 is 11.5. The SMILES string of the molecule is CC1Oc2ccccc2OC1C(=O)NCCNc1ccc([N+](=O)[O-])cc1. The van der Waals surface area contributed by atoms with E-state index in [1.807, 2.05) is 12.1 Å². The van der Waals surface area contributed by atoms with Crippen LogP contribution in [0.1, 0.15) is 6.92 Å². The van der Waals surface area contributed by atoms with E-state index in [0.717, 1.165) is 5.69 Å². The van der Waals surface area contributed by atoms with Gasteiger partial charge in [-0.25, -0.2) is 0 Å². The molecule has 2 atom stereocenters. The van der Waals surface area contributed by atoms with E-state index >= 15 is 0 Å². The maximum absolute atomic E-state index is 12.3. The smallest absolute Gasteiger partial charge is 0.269 e. The fourth-order valence-corrected chi connectivity index (χ4v) is 2.60. The first-order chi connectivity index (χ1) is 12.5. The van der Waals surface area contributed by atoms with Gasteiger partial charge in [-0.3, -0.25) is 14.9 Å². The molecule has 26 heavy (non-hydrogen) atoms. The predicted octanol–water partition coefficient (Wildman–Crippen LogP) is 2.35. The number of ether oxygens (including phenoxy) is 2. The zero-order valence-electron chi connectivity index (χ0n) is 14.2. The summed E-state index contributed by atoms with van der Waals surface area (Å²) in [4.78, 5) is 22.5. The summed E-state index contributed by atoms with van der Waals surface area (Å²) in [5.74, 6) is 0.927. The number of anilines is 1. The van der Waals surface area contributed by atoms with E-state index in [9.17, 15) is 14.9 Å². The molecule has 0 radical (unpaired) electrons. The first kappa shape index (κ1) is 17.5. The fraction of sp³-hybridized carbons (Fsp3) is 0.278. The average molecular weight is 357 g/mol. The van der Waals surface area contributed by atoms with E-state index < -0.39 is 17.1 Å². The summed E-state index contributed by atoms with van der Waals surface area (Å²) in [5, 5.41) is 16.5. The lowest BCUT2D eigenvalue weighted by molar-refractivity contribution is -0.384. The topological polar surface area (TPSA) is 103 Å². The first-order valence-corrected chi connectivity index (χ1v) is 8.23. The van der Waals surface area contributed by atoms with Crippen molar-refractivity contribution in [2.75, 3.05) is 18.4 Å². The molecule has 0 bridgehead atoms. The highest BCUT2D eigenvalue weighted by molar-refractivity contribution is 5.82. The van der Waals surface area contributed by atoms with Crippen LogP contribution in [0, 0.1) is 10.1 Å². The molecule has 0 saturated carbocycles. The van der Waals surface area contributed by atoms with Gasteiger partial charge in [0.05, 0.1) is 4.92 Å². The molecule has 1 amide bonds. The van der Waals surface area contributed by atoms with Gasteiger partial charge in [-0.05, 0) is 31.2 Å². The first-order valence-electron chi connectivity index (χ1n) is 8.23. The second kappa shape index (κ2) is 7.73. The minimum atomic E-state index is -0.718. The number of non-ortho nitro benzene ring substituents is 1. The van der Waals surface area contributed by atoms with Crippen molar-refractivity contribution < 1.29 is 19.2 Å². The zero-order chi connectivity index (χ0) is 18.5. The summed E-state index contributed by atoms with van der Waals surface area (Å²) in [6.07, 6.45) is -1.11. The fourth-order valence-electron chi connectivity index (χ4n) is 2.60. The predicted molar refractivity (Wildman–Crippen MR) is 95.5 cm³/mol. The number of para-hydroxylation sites is 2. The van der Waals surface area contributed by atoms with Gasteiger partial charge < -0.3 is 20.1 Å². The highest BCUT2D eigenvalue weighted by atomic mass is 16.6. The summed E-state index contributed by atoms with van der Waals surface area (Å²) in [7, 11) is 0. The third kappa shape index (κ3) is 4.02.